The molecule has 2 N–H and O–H groups in total. The van der Waals surface area contributed by atoms with Crippen LogP contribution in [0.25, 0.3) is 0 Å². The summed E-state index contributed by atoms with van der Waals surface area (Å²) in [7, 11) is -7.78. The lowest BCUT2D eigenvalue weighted by Crippen LogP contribution is -2.26. The van der Waals surface area contributed by atoms with E-state index in [2.05, 4.69) is 3.97 Å². The maximum absolute atomic E-state index is 11.8. The van der Waals surface area contributed by atoms with Gasteiger partial charge in [0, 0.05) is 6.42 Å². The zero-order chi connectivity index (χ0) is 14.0. The predicted molar refractivity (Wildman–Crippen MR) is 61.6 cm³/mol. The summed E-state index contributed by atoms with van der Waals surface area (Å²) in [6.45, 7) is 1.77. The number of imidazole rings is 1. The second-order valence-corrected chi connectivity index (χ2v) is 6.93. The molecule has 8 nitrogen and oxygen atoms in total. The minimum Gasteiger partial charge on any atom is -0.302 e. The monoisotopic (exact) mass is 299 g/mol. The number of hydrogen-bond donors (Lipinski definition) is 2. The third-order valence-corrected chi connectivity index (χ3v) is 4.95. The Morgan fingerprint density at radius 3 is 2.50 bits per heavy atom. The van der Waals surface area contributed by atoms with Crippen LogP contribution in [0, 0.1) is 0 Å². The highest BCUT2D eigenvalue weighted by Gasteiger charge is 2.37. The van der Waals surface area contributed by atoms with Crippen LogP contribution in [0.1, 0.15) is 25.1 Å². The lowest BCUT2D eigenvalue weighted by molar-refractivity contribution is -0.671. The second kappa shape index (κ2) is 5.50. The summed E-state index contributed by atoms with van der Waals surface area (Å²) >= 11 is 0. The van der Waals surface area contributed by atoms with Crippen molar-refractivity contribution in [2.45, 2.75) is 25.1 Å². The summed E-state index contributed by atoms with van der Waals surface area (Å²) < 4.78 is 41.1. The van der Waals surface area contributed by atoms with Crippen molar-refractivity contribution in [2.75, 3.05) is 0 Å². The Bertz CT molecular complexity index is 548. The first-order valence-corrected chi connectivity index (χ1v) is 8.19. The third-order valence-electron chi connectivity index (χ3n) is 2.19. The van der Waals surface area contributed by atoms with Gasteiger partial charge in [-0.15, -0.1) is 0 Å². The quantitative estimate of drug-likeness (QED) is 0.567. The Labute approximate surface area is 105 Å². The van der Waals surface area contributed by atoms with E-state index in [1.165, 1.54) is 17.1 Å². The topological polar surface area (TPSA) is 110 Å². The smallest absolute Gasteiger partial charge is 0.302 e. The minimum atomic E-state index is -5.09. The van der Waals surface area contributed by atoms with Crippen molar-refractivity contribution >= 4 is 17.9 Å². The van der Waals surface area contributed by atoms with Gasteiger partial charge >= 0.3 is 17.9 Å². The van der Waals surface area contributed by atoms with Gasteiger partial charge in [-0.05, 0) is 0 Å². The first-order chi connectivity index (χ1) is 8.15. The molecule has 1 aromatic rings. The molecule has 0 amide bonds. The zero-order valence-corrected chi connectivity index (χ0v) is 11.7. The van der Waals surface area contributed by atoms with Crippen molar-refractivity contribution in [3.8, 4) is 0 Å². The molecule has 0 aliphatic rings. The van der Waals surface area contributed by atoms with Gasteiger partial charge in [0.2, 0.25) is 11.7 Å². The van der Waals surface area contributed by atoms with Crippen molar-refractivity contribution in [2.24, 2.45) is 7.05 Å². The molecule has 1 atom stereocenters. The fourth-order valence-corrected chi connectivity index (χ4v) is 3.94. The molecule has 0 spiro atoms. The van der Waals surface area contributed by atoms with Crippen molar-refractivity contribution < 1.29 is 31.3 Å². The maximum Gasteiger partial charge on any atom is 0.484 e. The van der Waals surface area contributed by atoms with Crippen LogP contribution in [-0.2, 0) is 25.7 Å². The van der Waals surface area contributed by atoms with E-state index in [0.717, 1.165) is 0 Å². The molecule has 0 fully saturated rings. The lowest BCUT2D eigenvalue weighted by atomic mass is 10.3. The highest BCUT2D eigenvalue weighted by atomic mass is 32.2. The van der Waals surface area contributed by atoms with E-state index < -0.39 is 23.3 Å². The van der Waals surface area contributed by atoms with Gasteiger partial charge in [-0.1, -0.05) is 13.3 Å². The number of phosphoric acid groups is 1. The molecular formula is C8H16N2O6PS+. The molecule has 104 valence electrons. The molecule has 18 heavy (non-hydrogen) atoms. The predicted octanol–water partition coefficient (Wildman–Crippen LogP) is 0.0504. The molecule has 0 saturated carbocycles. The van der Waals surface area contributed by atoms with E-state index in [1.807, 2.05) is 0 Å². The average Bonchev–Trinajstić information content (AvgIpc) is 2.56. The van der Waals surface area contributed by atoms with Crippen LogP contribution in [0.5, 0.6) is 0 Å². The minimum absolute atomic E-state index is 0.191. The molecule has 1 heterocycles. The summed E-state index contributed by atoms with van der Waals surface area (Å²) in [4.78, 5) is 17.2. The van der Waals surface area contributed by atoms with Crippen molar-refractivity contribution in [3.63, 3.8) is 0 Å². The fraction of sp³-hybridized carbons (Fsp3) is 0.625. The standard InChI is InChI=1S/C8H15N2O6PS/c1-3-4-8(10-6-5-9(2)7-10)18(14,15)16-17(11,12)13/h5-8H,3-4H2,1-2H3,(H-,11,12,13)/p+1. The number of aryl methyl sites for hydroxylation is 1. The van der Waals surface area contributed by atoms with Gasteiger partial charge in [0.05, 0.1) is 7.05 Å². The first kappa shape index (κ1) is 15.3. The molecule has 1 rings (SSSR count). The van der Waals surface area contributed by atoms with Crippen molar-refractivity contribution in [3.05, 3.63) is 18.7 Å². The summed E-state index contributed by atoms with van der Waals surface area (Å²) in [5, 5.41) is -1.16. The molecule has 0 aliphatic heterocycles. The van der Waals surface area contributed by atoms with Gasteiger partial charge in [-0.2, -0.15) is 12.4 Å². The lowest BCUT2D eigenvalue weighted by Gasteiger charge is -2.13. The summed E-state index contributed by atoms with van der Waals surface area (Å²) in [6, 6.07) is 0. The van der Waals surface area contributed by atoms with Gasteiger partial charge in [0.15, 0.2) is 0 Å². The average molecular weight is 299 g/mol. The van der Waals surface area contributed by atoms with Crippen LogP contribution in [0.4, 0.5) is 0 Å². The summed E-state index contributed by atoms with van der Waals surface area (Å²) in [5.41, 5.74) is 0. The van der Waals surface area contributed by atoms with Gasteiger partial charge in [0.25, 0.3) is 0 Å². The molecule has 1 aromatic heterocycles. The van der Waals surface area contributed by atoms with Crippen molar-refractivity contribution in [1.82, 2.24) is 4.57 Å². The number of rotatable bonds is 6. The van der Waals surface area contributed by atoms with Crippen LogP contribution in [0.2, 0.25) is 0 Å². The normalized spacial score (nSPS) is 14.7. The Hall–Kier alpha value is -0.730. The van der Waals surface area contributed by atoms with Gasteiger partial charge in [-0.3, -0.25) is 0 Å². The van der Waals surface area contributed by atoms with Gasteiger partial charge in [0.1, 0.15) is 12.4 Å². The van der Waals surface area contributed by atoms with Crippen LogP contribution >= 0.6 is 7.82 Å². The third kappa shape index (κ3) is 4.18. The molecular weight excluding hydrogens is 283 g/mol. The van der Waals surface area contributed by atoms with Gasteiger partial charge in [-0.25, -0.2) is 13.7 Å². The number of nitrogens with zero attached hydrogens (tertiary/aromatic N) is 2. The fourth-order valence-electron chi connectivity index (χ4n) is 1.51. The van der Waals surface area contributed by atoms with Gasteiger partial charge < -0.3 is 9.79 Å². The summed E-state index contributed by atoms with van der Waals surface area (Å²) in [5.74, 6) is 0. The Morgan fingerprint density at radius 1 is 1.50 bits per heavy atom. The zero-order valence-electron chi connectivity index (χ0n) is 10.0. The number of hydrogen-bond acceptors (Lipinski definition) is 4. The second-order valence-electron chi connectivity index (χ2n) is 3.83. The molecule has 0 aromatic carbocycles. The molecule has 0 aliphatic carbocycles. The largest absolute Gasteiger partial charge is 0.484 e. The summed E-state index contributed by atoms with van der Waals surface area (Å²) in [6.07, 6.45) is 5.34. The Balaban J connectivity index is 3.09. The molecule has 0 radical (unpaired) electrons. The van der Waals surface area contributed by atoms with E-state index in [1.54, 1.807) is 24.7 Å². The Morgan fingerprint density at radius 2 is 2.11 bits per heavy atom. The highest BCUT2D eigenvalue weighted by Crippen LogP contribution is 2.41. The molecule has 0 saturated heterocycles. The van der Waals surface area contributed by atoms with E-state index in [0.29, 0.717) is 6.42 Å². The van der Waals surface area contributed by atoms with E-state index in [-0.39, 0.29) is 6.42 Å². The van der Waals surface area contributed by atoms with Crippen LogP contribution < -0.4 is 4.57 Å². The van der Waals surface area contributed by atoms with Crippen LogP contribution in [-0.4, -0.2) is 22.8 Å². The van der Waals surface area contributed by atoms with Crippen LogP contribution in [0.3, 0.4) is 0 Å². The molecule has 0 bridgehead atoms. The van der Waals surface area contributed by atoms with E-state index in [4.69, 9.17) is 9.79 Å². The molecule has 10 heteroatoms. The number of aromatic nitrogens is 2. The first-order valence-electron chi connectivity index (χ1n) is 5.19. The van der Waals surface area contributed by atoms with Crippen LogP contribution in [0.15, 0.2) is 18.7 Å². The maximum atomic E-state index is 11.8. The molecule has 1 unspecified atom stereocenters. The Kier molecular flexibility index (Phi) is 4.68. The SMILES string of the molecule is CCCC(n1cc[n+](C)c1)S(=O)(=O)OP(=O)(O)O. The van der Waals surface area contributed by atoms with Crippen molar-refractivity contribution in [1.29, 1.82) is 0 Å². The van der Waals surface area contributed by atoms with E-state index >= 15 is 0 Å². The highest BCUT2D eigenvalue weighted by molar-refractivity contribution is 7.90. The van der Waals surface area contributed by atoms with E-state index in [9.17, 15) is 13.0 Å².